The van der Waals surface area contributed by atoms with Gasteiger partial charge in [-0.15, -0.1) is 0 Å². The zero-order chi connectivity index (χ0) is 16.1. The Morgan fingerprint density at radius 1 is 0.565 bits per heavy atom. The van der Waals surface area contributed by atoms with Crippen molar-refractivity contribution in [3.63, 3.8) is 0 Å². The van der Waals surface area contributed by atoms with Crippen LogP contribution < -0.4 is 4.74 Å². The normalized spacial score (nSPS) is 26.6. The van der Waals surface area contributed by atoms with Gasteiger partial charge < -0.3 is 0 Å². The van der Waals surface area contributed by atoms with E-state index < -0.39 is 7.51 Å². The number of rotatable bonds is 4. The summed E-state index contributed by atoms with van der Waals surface area (Å²) in [4.78, 5) is 0. The monoisotopic (exact) mass is 341 g/mol. The minimum Gasteiger partial charge on any atom is -0.233 e. The van der Waals surface area contributed by atoms with Crippen LogP contribution in [0.1, 0.15) is 71.6 Å². The fraction of sp³-hybridized carbons (Fsp3) is 1.00. The molecule has 0 aliphatic carbocycles. The van der Waals surface area contributed by atoms with Gasteiger partial charge in [-0.05, 0) is 52.4 Å². The van der Waals surface area contributed by atoms with E-state index in [9.17, 15) is 0 Å². The van der Waals surface area contributed by atoms with Gasteiger partial charge >= 0.3 is 7.51 Å². The van der Waals surface area contributed by atoms with Crippen LogP contribution in [0.5, 0.6) is 0 Å². The third-order valence-corrected chi connectivity index (χ3v) is 10.0. The van der Waals surface area contributed by atoms with E-state index >= 15 is 0 Å². The van der Waals surface area contributed by atoms with Crippen molar-refractivity contribution in [1.29, 1.82) is 0 Å². The topological polar surface area (TPSA) is 23.7 Å². The molecule has 23 heavy (non-hydrogen) atoms. The van der Waals surface area contributed by atoms with Gasteiger partial charge in [0.15, 0.2) is 0 Å². The molecule has 0 bridgehead atoms. The number of hydrogen-bond donors (Lipinski definition) is 1. The van der Waals surface area contributed by atoms with Crippen molar-refractivity contribution < 1.29 is 4.74 Å². The molecule has 3 rings (SSSR count). The molecular weight excluding hydrogens is 303 g/mol. The van der Waals surface area contributed by atoms with E-state index in [1.54, 1.807) is 0 Å². The van der Waals surface area contributed by atoms with Crippen molar-refractivity contribution in [3.05, 3.63) is 0 Å². The van der Waals surface area contributed by atoms with Crippen LogP contribution in [0.25, 0.3) is 0 Å². The molecular formula is C18H38N4P+. The lowest BCUT2D eigenvalue weighted by molar-refractivity contribution is -0.483. The van der Waals surface area contributed by atoms with Crippen molar-refractivity contribution in [2.45, 2.75) is 77.7 Å². The van der Waals surface area contributed by atoms with Crippen molar-refractivity contribution in [2.24, 2.45) is 0 Å². The molecule has 0 radical (unpaired) electrons. The molecule has 0 aromatic carbocycles. The third kappa shape index (κ3) is 4.03. The summed E-state index contributed by atoms with van der Waals surface area (Å²) in [5.41, 5.74) is 0. The minimum absolute atomic E-state index is 0.564. The fourth-order valence-electron chi connectivity index (χ4n) is 4.60. The Balaban J connectivity index is 1.99. The molecule has 1 N–H and O–H groups in total. The summed E-state index contributed by atoms with van der Waals surface area (Å²) in [6, 6.07) is 0.564. The number of nitrogens with one attached hydrogen (secondary N) is 1. The number of hydrogen-bond acceptors (Lipinski definition) is 0. The molecule has 3 saturated heterocycles. The Hall–Kier alpha value is 0.110. The third-order valence-electron chi connectivity index (χ3n) is 5.61. The first kappa shape index (κ1) is 17.9. The second kappa shape index (κ2) is 8.47. The van der Waals surface area contributed by atoms with E-state index in [0.717, 1.165) is 0 Å². The minimum atomic E-state index is -1.53. The average Bonchev–Trinajstić information content (AvgIpc) is 2.62. The molecule has 0 amide bonds. The Morgan fingerprint density at radius 2 is 0.870 bits per heavy atom. The highest BCUT2D eigenvalue weighted by atomic mass is 31.2. The average molecular weight is 342 g/mol. The molecule has 0 unspecified atom stereocenters. The van der Waals surface area contributed by atoms with Crippen LogP contribution in [0.2, 0.25) is 0 Å². The first-order chi connectivity index (χ1) is 11.2. The molecule has 3 aliphatic heterocycles. The number of nitrogens with zero attached hydrogens (tertiary/aromatic N) is 3. The van der Waals surface area contributed by atoms with E-state index in [2.05, 4.69) is 32.6 Å². The fourth-order valence-corrected chi connectivity index (χ4v) is 9.37. The second-order valence-electron chi connectivity index (χ2n) is 7.90. The van der Waals surface area contributed by atoms with Crippen LogP contribution in [-0.4, -0.2) is 59.3 Å². The van der Waals surface area contributed by atoms with Gasteiger partial charge in [-0.1, -0.05) is 19.3 Å². The van der Waals surface area contributed by atoms with Crippen LogP contribution in [0, 0.1) is 0 Å². The van der Waals surface area contributed by atoms with Gasteiger partial charge in [0.25, 0.3) is 0 Å². The quantitative estimate of drug-likeness (QED) is 0.796. The summed E-state index contributed by atoms with van der Waals surface area (Å²) in [5, 5.41) is 0. The van der Waals surface area contributed by atoms with E-state index in [4.69, 9.17) is 0 Å². The molecule has 0 saturated carbocycles. The SMILES string of the molecule is CC(C)[NH+]=P(N1CCCCC1)(N1CCCCC1)N1CCCCC1. The highest BCUT2D eigenvalue weighted by Crippen LogP contribution is 2.56. The first-order valence-electron chi connectivity index (χ1n) is 10.2. The van der Waals surface area contributed by atoms with Crippen LogP contribution in [0.4, 0.5) is 0 Å². The lowest BCUT2D eigenvalue weighted by Crippen LogP contribution is -2.78. The van der Waals surface area contributed by atoms with Crippen LogP contribution in [-0.2, 0) is 0 Å². The summed E-state index contributed by atoms with van der Waals surface area (Å²) < 4.78 is 12.9. The first-order valence-corrected chi connectivity index (χ1v) is 11.8. The van der Waals surface area contributed by atoms with Gasteiger partial charge in [0.05, 0.1) is 0 Å². The van der Waals surface area contributed by atoms with Crippen LogP contribution in [0.15, 0.2) is 0 Å². The van der Waals surface area contributed by atoms with Gasteiger partial charge in [-0.3, -0.25) is 0 Å². The molecule has 0 aromatic rings. The van der Waals surface area contributed by atoms with Crippen molar-refractivity contribution in [2.75, 3.05) is 39.3 Å². The molecule has 0 spiro atoms. The summed E-state index contributed by atoms with van der Waals surface area (Å²) in [5.74, 6) is 0. The largest absolute Gasteiger partial charge is 0.310 e. The maximum absolute atomic E-state index is 4.19. The molecule has 5 heteroatoms. The Morgan fingerprint density at radius 3 is 1.13 bits per heavy atom. The Bertz CT molecular complexity index is 353. The molecule has 3 heterocycles. The van der Waals surface area contributed by atoms with Crippen LogP contribution in [0.3, 0.4) is 0 Å². The Labute approximate surface area is 143 Å². The van der Waals surface area contributed by atoms with Gasteiger partial charge in [0.1, 0.15) is 6.04 Å². The van der Waals surface area contributed by atoms with Crippen molar-refractivity contribution in [1.82, 2.24) is 14.0 Å². The van der Waals surface area contributed by atoms with E-state index in [1.165, 1.54) is 97.1 Å². The molecule has 0 aromatic heterocycles. The highest BCUT2D eigenvalue weighted by Gasteiger charge is 2.47. The van der Waals surface area contributed by atoms with Gasteiger partial charge in [-0.2, -0.15) is 0 Å². The standard InChI is InChI=1S/C18H37N4P/c1-18(2)19-23(20-12-6-3-7-13-20,21-14-8-4-9-15-21)22-16-10-5-11-17-22/h18H,3-17H2,1-2H3/p+1. The van der Waals surface area contributed by atoms with Gasteiger partial charge in [0.2, 0.25) is 0 Å². The summed E-state index contributed by atoms with van der Waals surface area (Å²) >= 11 is 0. The second-order valence-corrected chi connectivity index (χ2v) is 11.0. The van der Waals surface area contributed by atoms with Crippen molar-refractivity contribution in [3.8, 4) is 0 Å². The zero-order valence-electron chi connectivity index (χ0n) is 15.5. The van der Waals surface area contributed by atoms with Crippen LogP contribution >= 0.6 is 7.51 Å². The summed E-state index contributed by atoms with van der Waals surface area (Å²) in [7, 11) is -1.53. The molecule has 134 valence electrons. The lowest BCUT2D eigenvalue weighted by atomic mass is 10.2. The van der Waals surface area contributed by atoms with E-state index in [0.29, 0.717) is 6.04 Å². The zero-order valence-corrected chi connectivity index (χ0v) is 16.4. The Kier molecular flexibility index (Phi) is 6.60. The maximum atomic E-state index is 4.19. The maximum Gasteiger partial charge on any atom is 0.310 e. The predicted octanol–water partition coefficient (Wildman–Crippen LogP) is 2.88. The predicted molar refractivity (Wildman–Crippen MR) is 99.3 cm³/mol. The number of piperidine rings is 3. The van der Waals surface area contributed by atoms with E-state index in [1.807, 2.05) is 0 Å². The summed E-state index contributed by atoms with van der Waals surface area (Å²) in [6.07, 6.45) is 12.6. The van der Waals surface area contributed by atoms with Gasteiger partial charge in [0, 0.05) is 39.3 Å². The van der Waals surface area contributed by atoms with E-state index in [-0.39, 0.29) is 0 Å². The van der Waals surface area contributed by atoms with Gasteiger partial charge in [-0.25, -0.2) is 18.8 Å². The lowest BCUT2D eigenvalue weighted by Gasteiger charge is -2.48. The molecule has 3 aliphatic rings. The molecule has 0 atom stereocenters. The highest BCUT2D eigenvalue weighted by molar-refractivity contribution is 7.56. The smallest absolute Gasteiger partial charge is 0.233 e. The molecule has 4 nitrogen and oxygen atoms in total. The summed E-state index contributed by atoms with van der Waals surface area (Å²) in [6.45, 7) is 12.5. The van der Waals surface area contributed by atoms with Crippen molar-refractivity contribution >= 4 is 7.51 Å². The molecule has 3 fully saturated rings.